The van der Waals surface area contributed by atoms with Crippen LogP contribution in [0.2, 0.25) is 0 Å². The van der Waals surface area contributed by atoms with Crippen LogP contribution in [-0.2, 0) is 0 Å². The molecule has 1 atom stereocenters. The van der Waals surface area contributed by atoms with E-state index >= 15 is 0 Å². The fourth-order valence-electron chi connectivity index (χ4n) is 4.31. The lowest BCUT2D eigenvalue weighted by Gasteiger charge is -2.34. The summed E-state index contributed by atoms with van der Waals surface area (Å²) >= 11 is 0. The number of nitrogens with one attached hydrogen (secondary N) is 1. The molecule has 1 aromatic carbocycles. The fourth-order valence-corrected chi connectivity index (χ4v) is 4.31. The van der Waals surface area contributed by atoms with Gasteiger partial charge in [0.2, 0.25) is 0 Å². The number of urea groups is 1. The summed E-state index contributed by atoms with van der Waals surface area (Å²) < 4.78 is 0. The number of amides is 2. The van der Waals surface area contributed by atoms with E-state index in [0.717, 1.165) is 29.9 Å². The number of likely N-dealkylation sites (tertiary alicyclic amines) is 1. The van der Waals surface area contributed by atoms with Crippen LogP contribution in [0, 0.1) is 12.8 Å². The summed E-state index contributed by atoms with van der Waals surface area (Å²) in [6, 6.07) is 6.74. The van der Waals surface area contributed by atoms with Crippen molar-refractivity contribution in [3.05, 3.63) is 23.8 Å². The molecular weight excluding hydrogens is 298 g/mol. The Labute approximate surface area is 146 Å². The summed E-state index contributed by atoms with van der Waals surface area (Å²) in [6.45, 7) is 2.97. The van der Waals surface area contributed by atoms with E-state index in [-0.39, 0.29) is 6.03 Å². The molecule has 132 valence electrons. The van der Waals surface area contributed by atoms with Gasteiger partial charge >= 0.3 is 6.03 Å². The molecule has 2 aliphatic rings. The number of nitrogens with zero attached hydrogens (tertiary/aromatic N) is 2. The number of rotatable bonds is 3. The second kappa shape index (κ2) is 7.45. The maximum atomic E-state index is 12.8. The lowest BCUT2D eigenvalue weighted by Crippen LogP contribution is -2.43. The van der Waals surface area contributed by atoms with E-state index in [9.17, 15) is 4.79 Å². The first-order valence-corrected chi connectivity index (χ1v) is 9.42. The van der Waals surface area contributed by atoms with Crippen LogP contribution in [0.3, 0.4) is 0 Å². The first-order valence-electron chi connectivity index (χ1n) is 9.42. The van der Waals surface area contributed by atoms with Crippen molar-refractivity contribution in [1.82, 2.24) is 4.90 Å². The van der Waals surface area contributed by atoms with E-state index < -0.39 is 0 Å². The Morgan fingerprint density at radius 1 is 1.12 bits per heavy atom. The molecule has 24 heavy (non-hydrogen) atoms. The number of carbonyl (C=O) groups is 1. The maximum Gasteiger partial charge on any atom is 0.322 e. The summed E-state index contributed by atoms with van der Waals surface area (Å²) in [7, 11) is 4.07. The van der Waals surface area contributed by atoms with Gasteiger partial charge in [0.05, 0.1) is 0 Å². The van der Waals surface area contributed by atoms with Crippen LogP contribution in [-0.4, -0.2) is 37.6 Å². The summed E-state index contributed by atoms with van der Waals surface area (Å²) in [4.78, 5) is 17.0. The molecule has 1 saturated carbocycles. The summed E-state index contributed by atoms with van der Waals surface area (Å²) in [5.74, 6) is 0.712. The zero-order valence-electron chi connectivity index (χ0n) is 15.3. The second-order valence-corrected chi connectivity index (χ2v) is 7.62. The Kier molecular flexibility index (Phi) is 5.32. The van der Waals surface area contributed by atoms with Crippen molar-refractivity contribution in [3.63, 3.8) is 0 Å². The zero-order valence-corrected chi connectivity index (χ0v) is 15.3. The van der Waals surface area contributed by atoms with Crippen molar-refractivity contribution < 1.29 is 4.79 Å². The Bertz CT molecular complexity index is 578. The highest BCUT2D eigenvalue weighted by Gasteiger charge is 2.35. The average molecular weight is 329 g/mol. The lowest BCUT2D eigenvalue weighted by molar-refractivity contribution is 0.166. The van der Waals surface area contributed by atoms with E-state index in [1.807, 2.05) is 20.2 Å². The highest BCUT2D eigenvalue weighted by atomic mass is 16.2. The van der Waals surface area contributed by atoms with Gasteiger partial charge in [0.15, 0.2) is 0 Å². The Hall–Kier alpha value is -1.71. The number of benzene rings is 1. The number of hydrogen-bond acceptors (Lipinski definition) is 2. The van der Waals surface area contributed by atoms with Gasteiger partial charge in [0.25, 0.3) is 0 Å². The molecule has 3 rings (SSSR count). The molecule has 1 aromatic rings. The van der Waals surface area contributed by atoms with Crippen LogP contribution >= 0.6 is 0 Å². The fraction of sp³-hybridized carbons (Fsp3) is 0.650. The van der Waals surface area contributed by atoms with Crippen molar-refractivity contribution in [1.29, 1.82) is 0 Å². The minimum Gasteiger partial charge on any atom is -0.378 e. The smallest absolute Gasteiger partial charge is 0.322 e. The summed E-state index contributed by atoms with van der Waals surface area (Å²) in [5.41, 5.74) is 3.20. The first-order chi connectivity index (χ1) is 11.6. The molecule has 1 aliphatic heterocycles. The van der Waals surface area contributed by atoms with Gasteiger partial charge in [-0.25, -0.2) is 4.79 Å². The zero-order chi connectivity index (χ0) is 17.1. The molecule has 0 radical (unpaired) electrons. The van der Waals surface area contributed by atoms with Crippen molar-refractivity contribution in [2.24, 2.45) is 5.92 Å². The topological polar surface area (TPSA) is 35.6 Å². The van der Waals surface area contributed by atoms with Crippen LogP contribution in [0.25, 0.3) is 0 Å². The van der Waals surface area contributed by atoms with Crippen LogP contribution in [0.15, 0.2) is 18.2 Å². The number of anilines is 2. The standard InChI is InChI=1S/C20H31N3O/c1-15-14-17(22(2)3)11-12-18(15)21-20(24)23-13-7-10-19(23)16-8-5-4-6-9-16/h11-12,14,16,19H,4-10,13H2,1-3H3,(H,21,24). The van der Waals surface area contributed by atoms with E-state index in [1.165, 1.54) is 38.5 Å². The molecular formula is C20H31N3O. The first kappa shape index (κ1) is 17.1. The summed E-state index contributed by atoms with van der Waals surface area (Å²) in [6.07, 6.45) is 8.95. The monoisotopic (exact) mass is 329 g/mol. The molecule has 2 fully saturated rings. The quantitative estimate of drug-likeness (QED) is 0.877. The maximum absolute atomic E-state index is 12.8. The Morgan fingerprint density at radius 2 is 1.88 bits per heavy atom. The minimum absolute atomic E-state index is 0.0868. The molecule has 0 spiro atoms. The van der Waals surface area contributed by atoms with Gasteiger partial charge in [0, 0.05) is 38.1 Å². The largest absolute Gasteiger partial charge is 0.378 e. The molecule has 1 unspecified atom stereocenters. The van der Waals surface area contributed by atoms with Crippen molar-refractivity contribution in [2.45, 2.75) is 57.9 Å². The Morgan fingerprint density at radius 3 is 2.54 bits per heavy atom. The van der Waals surface area contributed by atoms with Gasteiger partial charge in [-0.15, -0.1) is 0 Å². The molecule has 1 N–H and O–H groups in total. The summed E-state index contributed by atoms with van der Waals surface area (Å²) in [5, 5.41) is 3.16. The Balaban J connectivity index is 1.67. The predicted molar refractivity (Wildman–Crippen MR) is 101 cm³/mol. The van der Waals surface area contributed by atoms with E-state index in [0.29, 0.717) is 12.0 Å². The molecule has 1 saturated heterocycles. The van der Waals surface area contributed by atoms with Gasteiger partial charge in [-0.05, 0) is 62.3 Å². The SMILES string of the molecule is Cc1cc(N(C)C)ccc1NC(=O)N1CCCC1C1CCCCC1. The van der Waals surface area contributed by atoms with E-state index in [1.54, 1.807) is 0 Å². The van der Waals surface area contributed by atoms with Gasteiger partial charge in [-0.2, -0.15) is 0 Å². The molecule has 4 heteroatoms. The second-order valence-electron chi connectivity index (χ2n) is 7.62. The van der Waals surface area contributed by atoms with Crippen molar-refractivity contribution in [3.8, 4) is 0 Å². The van der Waals surface area contributed by atoms with E-state index in [4.69, 9.17) is 0 Å². The number of aryl methyl sites for hydroxylation is 1. The normalized spacial score (nSPS) is 21.8. The molecule has 4 nitrogen and oxygen atoms in total. The molecule has 0 aromatic heterocycles. The van der Waals surface area contributed by atoms with Gasteiger partial charge in [-0.3, -0.25) is 0 Å². The van der Waals surface area contributed by atoms with Crippen LogP contribution in [0.5, 0.6) is 0 Å². The van der Waals surface area contributed by atoms with E-state index in [2.05, 4.69) is 34.2 Å². The molecule has 0 bridgehead atoms. The third-order valence-electron chi connectivity index (χ3n) is 5.72. The van der Waals surface area contributed by atoms with Crippen molar-refractivity contribution in [2.75, 3.05) is 30.9 Å². The number of carbonyl (C=O) groups excluding carboxylic acids is 1. The lowest BCUT2D eigenvalue weighted by atomic mass is 9.83. The number of hydrogen-bond donors (Lipinski definition) is 1. The third kappa shape index (κ3) is 3.68. The molecule has 2 amide bonds. The van der Waals surface area contributed by atoms with Gasteiger partial charge < -0.3 is 15.1 Å². The average Bonchev–Trinajstić information content (AvgIpc) is 3.07. The predicted octanol–water partition coefficient (Wildman–Crippen LogP) is 4.64. The van der Waals surface area contributed by atoms with Gasteiger partial charge in [-0.1, -0.05) is 19.3 Å². The highest BCUT2D eigenvalue weighted by molar-refractivity contribution is 5.90. The van der Waals surface area contributed by atoms with Crippen LogP contribution in [0.1, 0.15) is 50.5 Å². The van der Waals surface area contributed by atoms with Crippen molar-refractivity contribution >= 4 is 17.4 Å². The van der Waals surface area contributed by atoms with Crippen LogP contribution < -0.4 is 10.2 Å². The third-order valence-corrected chi connectivity index (χ3v) is 5.72. The van der Waals surface area contributed by atoms with Gasteiger partial charge in [0.1, 0.15) is 0 Å². The highest BCUT2D eigenvalue weighted by Crippen LogP contribution is 2.34. The molecule has 1 aliphatic carbocycles. The van der Waals surface area contributed by atoms with Crippen LogP contribution in [0.4, 0.5) is 16.2 Å². The molecule has 1 heterocycles. The minimum atomic E-state index is 0.0868.